The highest BCUT2D eigenvalue weighted by Gasteiger charge is 2.16. The van der Waals surface area contributed by atoms with Gasteiger partial charge in [-0.25, -0.2) is 0 Å². The second-order valence-corrected chi connectivity index (χ2v) is 9.82. The van der Waals surface area contributed by atoms with Crippen molar-refractivity contribution in [2.75, 3.05) is 0 Å². The third-order valence-corrected chi connectivity index (χ3v) is 7.76. The lowest BCUT2D eigenvalue weighted by Crippen LogP contribution is -1.90. The minimum absolute atomic E-state index is 0.991. The van der Waals surface area contributed by atoms with Gasteiger partial charge in [0.1, 0.15) is 0 Å². The molecule has 0 N–H and O–H groups in total. The van der Waals surface area contributed by atoms with Crippen LogP contribution in [0.5, 0.6) is 0 Å². The molecule has 6 aromatic carbocycles. The number of aromatic nitrogens is 2. The molecule has 8 aromatic rings. The van der Waals surface area contributed by atoms with Crippen molar-refractivity contribution < 1.29 is 0 Å². The molecule has 8 rings (SSSR count). The van der Waals surface area contributed by atoms with Crippen LogP contribution in [-0.4, -0.2) is 9.97 Å². The highest BCUT2D eigenvalue weighted by Crippen LogP contribution is 2.43. The molecule has 2 aromatic heterocycles. The molecule has 38 heavy (non-hydrogen) atoms. The van der Waals surface area contributed by atoms with Crippen molar-refractivity contribution in [1.82, 2.24) is 9.97 Å². The quantitative estimate of drug-likeness (QED) is 0.234. The van der Waals surface area contributed by atoms with Crippen molar-refractivity contribution in [3.05, 3.63) is 134 Å². The van der Waals surface area contributed by atoms with Gasteiger partial charge in [0, 0.05) is 23.3 Å². The van der Waals surface area contributed by atoms with Crippen molar-refractivity contribution in [3.8, 4) is 33.5 Å². The van der Waals surface area contributed by atoms with Gasteiger partial charge in [0.25, 0.3) is 0 Å². The first kappa shape index (κ1) is 21.0. The Balaban J connectivity index is 1.36. The molecule has 0 aliphatic rings. The minimum atomic E-state index is 0.991. The van der Waals surface area contributed by atoms with E-state index in [9.17, 15) is 0 Å². The summed E-state index contributed by atoms with van der Waals surface area (Å²) >= 11 is 0. The fourth-order valence-corrected chi connectivity index (χ4v) is 5.98. The average molecular weight is 483 g/mol. The number of fused-ring (bicyclic) bond motifs is 1. The molecule has 0 unspecified atom stereocenters. The number of nitrogens with zero attached hydrogens (tertiary/aromatic N) is 2. The first-order valence-corrected chi connectivity index (χ1v) is 12.9. The van der Waals surface area contributed by atoms with E-state index in [2.05, 4.69) is 113 Å². The van der Waals surface area contributed by atoms with Crippen LogP contribution in [-0.2, 0) is 0 Å². The normalized spacial score (nSPS) is 11.7. The zero-order valence-electron chi connectivity index (χ0n) is 20.6. The first-order chi connectivity index (χ1) is 18.8. The third kappa shape index (κ3) is 3.14. The van der Waals surface area contributed by atoms with Gasteiger partial charge < -0.3 is 0 Å². The molecule has 176 valence electrons. The van der Waals surface area contributed by atoms with Crippen molar-refractivity contribution in [1.29, 1.82) is 0 Å². The summed E-state index contributed by atoms with van der Waals surface area (Å²) in [6, 6.07) is 43.5. The number of rotatable bonds is 3. The Labute approximate surface area is 220 Å². The molecule has 0 saturated heterocycles. The molecule has 0 atom stereocenters. The van der Waals surface area contributed by atoms with Gasteiger partial charge >= 0.3 is 0 Å². The predicted octanol–water partition coefficient (Wildman–Crippen LogP) is 9.53. The van der Waals surface area contributed by atoms with E-state index in [-0.39, 0.29) is 0 Å². The van der Waals surface area contributed by atoms with Gasteiger partial charge in [-0.1, -0.05) is 97.1 Å². The molecule has 0 spiro atoms. The molecule has 2 heterocycles. The summed E-state index contributed by atoms with van der Waals surface area (Å²) in [4.78, 5) is 9.10. The minimum Gasteiger partial charge on any atom is -0.256 e. The van der Waals surface area contributed by atoms with E-state index in [1.54, 1.807) is 0 Å². The van der Waals surface area contributed by atoms with Crippen molar-refractivity contribution >= 4 is 43.2 Å². The number of pyridine rings is 2. The maximum atomic E-state index is 4.60. The Bertz CT molecular complexity index is 2100. The molecule has 0 fully saturated rings. The lowest BCUT2D eigenvalue weighted by molar-refractivity contribution is 1.33. The largest absolute Gasteiger partial charge is 0.256 e. The Morgan fingerprint density at radius 3 is 1.79 bits per heavy atom. The molecular weight excluding hydrogens is 460 g/mol. The topological polar surface area (TPSA) is 25.8 Å². The lowest BCUT2D eigenvalue weighted by atomic mass is 9.86. The Morgan fingerprint density at radius 2 is 1.03 bits per heavy atom. The highest BCUT2D eigenvalue weighted by atomic mass is 14.7. The van der Waals surface area contributed by atoms with Crippen molar-refractivity contribution in [2.45, 2.75) is 0 Å². The van der Waals surface area contributed by atoms with E-state index in [0.717, 1.165) is 16.8 Å². The van der Waals surface area contributed by atoms with Crippen LogP contribution in [0.15, 0.2) is 134 Å². The van der Waals surface area contributed by atoms with Gasteiger partial charge in [0.2, 0.25) is 0 Å². The Hall–Kier alpha value is -5.08. The summed E-state index contributed by atoms with van der Waals surface area (Å²) in [6.07, 6.45) is 3.70. The number of benzene rings is 6. The van der Waals surface area contributed by atoms with Gasteiger partial charge in [-0.05, 0) is 78.8 Å². The fraction of sp³-hybridized carbons (Fsp3) is 0. The number of hydrogen-bond donors (Lipinski definition) is 0. The van der Waals surface area contributed by atoms with Gasteiger partial charge in [-0.2, -0.15) is 0 Å². The third-order valence-electron chi connectivity index (χ3n) is 7.76. The second kappa shape index (κ2) is 8.22. The summed E-state index contributed by atoms with van der Waals surface area (Å²) in [5.41, 5.74) is 8.07. The fourth-order valence-electron chi connectivity index (χ4n) is 5.98. The SMILES string of the molecule is c1ccc(-c2ccc(-c3ccc4ccc5ccc(-c6cccc7ncccc67)c6ccc3c4c56)cc2)nc1. The highest BCUT2D eigenvalue weighted by molar-refractivity contribution is 6.28. The van der Waals surface area contributed by atoms with Crippen LogP contribution in [0.2, 0.25) is 0 Å². The van der Waals surface area contributed by atoms with Gasteiger partial charge in [-0.15, -0.1) is 0 Å². The predicted molar refractivity (Wildman–Crippen MR) is 160 cm³/mol. The van der Waals surface area contributed by atoms with E-state index in [1.165, 1.54) is 60.0 Å². The zero-order valence-corrected chi connectivity index (χ0v) is 20.6. The molecule has 0 aliphatic carbocycles. The maximum Gasteiger partial charge on any atom is 0.0708 e. The standard InChI is InChI=1S/C36H22N2/c1-2-21-37-33(7-1)24-11-9-23(10-12-24)27-17-15-25-13-14-26-16-18-29(32-20-19-31(27)35(25)36(26)32)28-5-3-8-34-30(28)6-4-22-38-34/h1-22H. The van der Waals surface area contributed by atoms with E-state index >= 15 is 0 Å². The van der Waals surface area contributed by atoms with E-state index < -0.39 is 0 Å². The Kier molecular flexibility index (Phi) is 4.55. The molecule has 0 radical (unpaired) electrons. The smallest absolute Gasteiger partial charge is 0.0708 e. The summed E-state index contributed by atoms with van der Waals surface area (Å²) in [6.45, 7) is 0. The van der Waals surface area contributed by atoms with Crippen LogP contribution in [0.3, 0.4) is 0 Å². The zero-order chi connectivity index (χ0) is 25.1. The van der Waals surface area contributed by atoms with Crippen LogP contribution >= 0.6 is 0 Å². The van der Waals surface area contributed by atoms with E-state index in [4.69, 9.17) is 0 Å². The molecule has 2 heteroatoms. The number of hydrogen-bond acceptors (Lipinski definition) is 2. The van der Waals surface area contributed by atoms with Gasteiger partial charge in [0.05, 0.1) is 11.2 Å². The van der Waals surface area contributed by atoms with Crippen LogP contribution in [0, 0.1) is 0 Å². The summed E-state index contributed by atoms with van der Waals surface area (Å²) in [5, 5.41) is 8.92. The second-order valence-electron chi connectivity index (χ2n) is 9.82. The van der Waals surface area contributed by atoms with Crippen LogP contribution in [0.4, 0.5) is 0 Å². The van der Waals surface area contributed by atoms with E-state index in [0.29, 0.717) is 0 Å². The summed E-state index contributed by atoms with van der Waals surface area (Å²) < 4.78 is 0. The molecule has 0 amide bonds. The van der Waals surface area contributed by atoms with Crippen LogP contribution < -0.4 is 0 Å². The lowest BCUT2D eigenvalue weighted by Gasteiger charge is -2.17. The van der Waals surface area contributed by atoms with Crippen LogP contribution in [0.1, 0.15) is 0 Å². The molecule has 0 bridgehead atoms. The van der Waals surface area contributed by atoms with Crippen molar-refractivity contribution in [2.24, 2.45) is 0 Å². The van der Waals surface area contributed by atoms with Crippen LogP contribution in [0.25, 0.3) is 76.7 Å². The first-order valence-electron chi connectivity index (χ1n) is 12.9. The van der Waals surface area contributed by atoms with E-state index in [1.807, 2.05) is 30.6 Å². The average Bonchev–Trinajstić information content (AvgIpc) is 3.00. The molecule has 0 aliphatic heterocycles. The van der Waals surface area contributed by atoms with Crippen molar-refractivity contribution in [3.63, 3.8) is 0 Å². The summed E-state index contributed by atoms with van der Waals surface area (Å²) in [7, 11) is 0. The monoisotopic (exact) mass is 482 g/mol. The van der Waals surface area contributed by atoms with Gasteiger partial charge in [0.15, 0.2) is 0 Å². The molecule has 2 nitrogen and oxygen atoms in total. The maximum absolute atomic E-state index is 4.60. The Morgan fingerprint density at radius 1 is 0.368 bits per heavy atom. The summed E-state index contributed by atoms with van der Waals surface area (Å²) in [5.74, 6) is 0. The molecular formula is C36H22N2. The van der Waals surface area contributed by atoms with Gasteiger partial charge in [-0.3, -0.25) is 9.97 Å². The molecule has 0 saturated carbocycles.